The Kier molecular flexibility index (Phi) is 7.73. The highest BCUT2D eigenvalue weighted by Gasteiger charge is 2.29. The van der Waals surface area contributed by atoms with Gasteiger partial charge in [0.05, 0.1) is 24.5 Å². The monoisotopic (exact) mass is 529 g/mol. The van der Waals surface area contributed by atoms with Crippen molar-refractivity contribution in [2.24, 2.45) is 0 Å². The summed E-state index contributed by atoms with van der Waals surface area (Å²) in [5.74, 6) is 0.128. The minimum atomic E-state index is -4.49. The molecule has 0 radical (unpaired) electrons. The largest absolute Gasteiger partial charge is 0.493 e. The van der Waals surface area contributed by atoms with Crippen LogP contribution in [0, 0.1) is 0 Å². The number of carbonyl (C=O) groups excluding carboxylic acids is 1. The molecule has 4 aromatic rings. The van der Waals surface area contributed by atoms with E-state index in [2.05, 4.69) is 25.6 Å². The molecule has 8 nitrogen and oxygen atoms in total. The molecule has 0 fully saturated rings. The fourth-order valence-corrected chi connectivity index (χ4v) is 3.33. The lowest BCUT2D eigenvalue weighted by Crippen LogP contribution is -2.19. The molecular formula is C25H19ClF3N5O3. The second-order valence-electron chi connectivity index (χ2n) is 7.59. The third-order valence-electron chi connectivity index (χ3n) is 4.91. The van der Waals surface area contributed by atoms with Crippen molar-refractivity contribution in [1.29, 1.82) is 0 Å². The molecule has 2 aromatic heterocycles. The van der Waals surface area contributed by atoms with E-state index in [-0.39, 0.29) is 17.4 Å². The van der Waals surface area contributed by atoms with E-state index in [1.807, 2.05) is 0 Å². The number of halogens is 4. The van der Waals surface area contributed by atoms with Crippen molar-refractivity contribution in [1.82, 2.24) is 15.0 Å². The molecule has 37 heavy (non-hydrogen) atoms. The number of fused-ring (bicyclic) bond motifs is 1. The number of carbonyl (C=O) groups is 1. The summed E-state index contributed by atoms with van der Waals surface area (Å²) < 4.78 is 47.8. The molecule has 4 rings (SSSR count). The normalized spacial score (nSPS) is 11.5. The van der Waals surface area contributed by atoms with Gasteiger partial charge in [0.25, 0.3) is 0 Å². The molecule has 2 heterocycles. The third kappa shape index (κ3) is 7.07. The summed E-state index contributed by atoms with van der Waals surface area (Å²) in [5.41, 5.74) is 2.35. The van der Waals surface area contributed by atoms with Gasteiger partial charge in [-0.3, -0.25) is 4.79 Å². The van der Waals surface area contributed by atoms with Gasteiger partial charge in [-0.05, 0) is 42.0 Å². The smallest absolute Gasteiger partial charge is 0.422 e. The van der Waals surface area contributed by atoms with Crippen molar-refractivity contribution in [3.8, 4) is 11.5 Å². The number of benzene rings is 2. The molecule has 0 bridgehead atoms. The van der Waals surface area contributed by atoms with Crippen LogP contribution in [-0.2, 0) is 4.79 Å². The number of hydrogen-bond acceptors (Lipinski definition) is 7. The number of nitrogens with zero attached hydrogens (tertiary/aromatic N) is 3. The van der Waals surface area contributed by atoms with E-state index in [1.165, 1.54) is 37.8 Å². The Balaban J connectivity index is 1.46. The van der Waals surface area contributed by atoms with E-state index in [1.54, 1.807) is 42.5 Å². The number of hydrogen-bond donors (Lipinski definition) is 2. The first-order chi connectivity index (χ1) is 17.7. The van der Waals surface area contributed by atoms with Crippen LogP contribution >= 0.6 is 11.6 Å². The third-order valence-corrected chi connectivity index (χ3v) is 5.13. The number of alkyl halides is 3. The molecule has 12 heteroatoms. The van der Waals surface area contributed by atoms with Crippen molar-refractivity contribution in [2.45, 2.75) is 6.18 Å². The van der Waals surface area contributed by atoms with Crippen LogP contribution in [0.15, 0.2) is 67.1 Å². The highest BCUT2D eigenvalue weighted by atomic mass is 35.5. The van der Waals surface area contributed by atoms with E-state index in [4.69, 9.17) is 21.1 Å². The Labute approximate surface area is 214 Å². The lowest BCUT2D eigenvalue weighted by molar-refractivity contribution is -0.153. The standard InChI is InChI=1S/C25H19ClF3N5O3/c1-36-20-10-18-19(11-21(20)37-13-25(27,28)29)31-14-32-24(18)34-16-5-2-15(3-6-16)4-9-23(35)33-17-7-8-22(26)30-12-17/h2-12,14H,13H2,1H3,(H,33,35)(H,31,32,34). The molecule has 0 atom stereocenters. The number of pyridine rings is 1. The van der Waals surface area contributed by atoms with Gasteiger partial charge in [0.15, 0.2) is 18.1 Å². The first-order valence-corrected chi connectivity index (χ1v) is 11.1. The molecule has 190 valence electrons. The molecule has 0 unspecified atom stereocenters. The summed E-state index contributed by atoms with van der Waals surface area (Å²) in [7, 11) is 1.33. The van der Waals surface area contributed by atoms with Gasteiger partial charge >= 0.3 is 6.18 Å². The molecule has 1 amide bonds. The second kappa shape index (κ2) is 11.1. The van der Waals surface area contributed by atoms with Gasteiger partial charge in [-0.25, -0.2) is 15.0 Å². The van der Waals surface area contributed by atoms with Crippen molar-refractivity contribution in [3.63, 3.8) is 0 Å². The number of rotatable bonds is 8. The van der Waals surface area contributed by atoms with Crippen LogP contribution in [-0.4, -0.2) is 40.8 Å². The molecule has 2 N–H and O–H groups in total. The number of nitrogens with one attached hydrogen (secondary N) is 2. The predicted octanol–water partition coefficient (Wildman–Crippen LogP) is 6.02. The van der Waals surface area contributed by atoms with Gasteiger partial charge in [0.1, 0.15) is 17.3 Å². The van der Waals surface area contributed by atoms with Crippen molar-refractivity contribution in [2.75, 3.05) is 24.4 Å². The number of amides is 1. The number of anilines is 3. The topological polar surface area (TPSA) is 98.3 Å². The minimum Gasteiger partial charge on any atom is -0.493 e. The highest BCUT2D eigenvalue weighted by Crippen LogP contribution is 2.35. The molecule has 0 spiro atoms. The Bertz CT molecular complexity index is 1430. The molecular weight excluding hydrogens is 511 g/mol. The van der Waals surface area contributed by atoms with Gasteiger partial charge in [-0.15, -0.1) is 0 Å². The molecule has 0 saturated carbocycles. The van der Waals surface area contributed by atoms with Gasteiger partial charge in [0, 0.05) is 23.2 Å². The Hall–Kier alpha value is -4.38. The lowest BCUT2D eigenvalue weighted by atomic mass is 10.1. The Morgan fingerprint density at radius 2 is 1.78 bits per heavy atom. The van der Waals surface area contributed by atoms with Gasteiger partial charge in [0.2, 0.25) is 5.91 Å². The number of ether oxygens (including phenoxy) is 2. The summed E-state index contributed by atoms with van der Waals surface area (Å²) in [6.45, 7) is -1.45. The van der Waals surface area contributed by atoms with Gasteiger partial charge in [-0.2, -0.15) is 13.2 Å². The molecule has 2 aromatic carbocycles. The average Bonchev–Trinajstić information content (AvgIpc) is 2.87. The maximum absolute atomic E-state index is 12.6. The molecule has 0 aliphatic carbocycles. The van der Waals surface area contributed by atoms with Crippen LogP contribution in [0.2, 0.25) is 5.15 Å². The van der Waals surface area contributed by atoms with Gasteiger partial charge in [-0.1, -0.05) is 23.7 Å². The number of methoxy groups -OCH3 is 1. The van der Waals surface area contributed by atoms with Crippen LogP contribution in [0.25, 0.3) is 17.0 Å². The van der Waals surface area contributed by atoms with E-state index >= 15 is 0 Å². The van der Waals surface area contributed by atoms with Crippen LogP contribution < -0.4 is 20.1 Å². The maximum Gasteiger partial charge on any atom is 0.422 e. The first-order valence-electron chi connectivity index (χ1n) is 10.7. The maximum atomic E-state index is 12.6. The summed E-state index contributed by atoms with van der Waals surface area (Å²) in [5, 5.41) is 6.69. The van der Waals surface area contributed by atoms with Crippen molar-refractivity contribution >= 4 is 51.7 Å². The summed E-state index contributed by atoms with van der Waals surface area (Å²) in [6, 6.07) is 13.3. The van der Waals surface area contributed by atoms with Gasteiger partial charge < -0.3 is 20.1 Å². The van der Waals surface area contributed by atoms with Crippen LogP contribution in [0.3, 0.4) is 0 Å². The summed E-state index contributed by atoms with van der Waals surface area (Å²) in [6.07, 6.45) is 1.29. The van der Waals surface area contributed by atoms with E-state index in [0.29, 0.717) is 33.2 Å². The number of aromatic nitrogens is 3. The SMILES string of the molecule is COc1cc2c(Nc3ccc(C=CC(=O)Nc4ccc(Cl)nc4)cc3)ncnc2cc1OCC(F)(F)F. The Morgan fingerprint density at radius 3 is 2.46 bits per heavy atom. The highest BCUT2D eigenvalue weighted by molar-refractivity contribution is 6.29. The molecule has 0 aliphatic rings. The zero-order chi connectivity index (χ0) is 26.4. The fourth-order valence-electron chi connectivity index (χ4n) is 3.22. The zero-order valence-corrected chi connectivity index (χ0v) is 20.0. The van der Waals surface area contributed by atoms with Crippen molar-refractivity contribution in [3.05, 3.63) is 77.8 Å². The van der Waals surface area contributed by atoms with Crippen LogP contribution in [0.1, 0.15) is 5.56 Å². The first kappa shape index (κ1) is 25.7. The Morgan fingerprint density at radius 1 is 1.03 bits per heavy atom. The van der Waals surface area contributed by atoms with Crippen LogP contribution in [0.4, 0.5) is 30.4 Å². The average molecular weight is 530 g/mol. The predicted molar refractivity (Wildman–Crippen MR) is 134 cm³/mol. The quantitative estimate of drug-likeness (QED) is 0.213. The second-order valence-corrected chi connectivity index (χ2v) is 7.97. The lowest BCUT2D eigenvalue weighted by Gasteiger charge is -2.14. The van der Waals surface area contributed by atoms with E-state index in [9.17, 15) is 18.0 Å². The van der Waals surface area contributed by atoms with E-state index in [0.717, 1.165) is 5.56 Å². The minimum absolute atomic E-state index is 0.0792. The van der Waals surface area contributed by atoms with Crippen LogP contribution in [0.5, 0.6) is 11.5 Å². The van der Waals surface area contributed by atoms with E-state index < -0.39 is 12.8 Å². The molecule has 0 aliphatic heterocycles. The molecule has 0 saturated heterocycles. The van der Waals surface area contributed by atoms with Crippen molar-refractivity contribution < 1.29 is 27.4 Å². The zero-order valence-electron chi connectivity index (χ0n) is 19.2. The fraction of sp³-hybridized carbons (Fsp3) is 0.120. The summed E-state index contributed by atoms with van der Waals surface area (Å²) in [4.78, 5) is 24.4. The summed E-state index contributed by atoms with van der Waals surface area (Å²) >= 11 is 5.73.